The second-order valence-electron chi connectivity index (χ2n) is 4.55. The minimum absolute atomic E-state index is 0.637. The molecule has 1 aliphatic heterocycles. The van der Waals surface area contributed by atoms with Crippen LogP contribution in [-0.4, -0.2) is 37.5 Å². The van der Waals surface area contributed by atoms with Crippen LogP contribution in [0.15, 0.2) is 24.3 Å². The lowest BCUT2D eigenvalue weighted by Gasteiger charge is -2.32. The quantitative estimate of drug-likeness (QED) is 0.765. The first kappa shape index (κ1) is 12.7. The van der Waals surface area contributed by atoms with E-state index in [9.17, 15) is 0 Å². The van der Waals surface area contributed by atoms with Gasteiger partial charge in [0.25, 0.3) is 0 Å². The van der Waals surface area contributed by atoms with E-state index in [0.717, 1.165) is 31.3 Å². The average molecular weight is 254 g/mol. The number of halogens is 1. The lowest BCUT2D eigenvalue weighted by molar-refractivity contribution is 0.222. The fourth-order valence-electron chi connectivity index (χ4n) is 2.59. The van der Waals surface area contributed by atoms with Gasteiger partial charge in [-0.15, -0.1) is 11.6 Å². The summed E-state index contributed by atoms with van der Waals surface area (Å²) < 4.78 is 5.44. The first-order valence-corrected chi connectivity index (χ1v) is 6.80. The van der Waals surface area contributed by atoms with Crippen molar-refractivity contribution < 1.29 is 4.74 Å². The summed E-state index contributed by atoms with van der Waals surface area (Å²) in [6, 6.07) is 8.38. The summed E-state index contributed by atoms with van der Waals surface area (Å²) in [5, 5.41) is 0. The van der Waals surface area contributed by atoms with Crippen LogP contribution in [-0.2, 0) is 0 Å². The molecule has 3 heteroatoms. The van der Waals surface area contributed by atoms with E-state index in [0.29, 0.717) is 5.92 Å². The Bertz CT molecular complexity index is 348. The Morgan fingerprint density at radius 3 is 2.65 bits per heavy atom. The predicted molar refractivity (Wildman–Crippen MR) is 72.1 cm³/mol. The molecule has 1 aliphatic rings. The van der Waals surface area contributed by atoms with E-state index in [1.54, 1.807) is 7.11 Å². The van der Waals surface area contributed by atoms with Gasteiger partial charge in [-0.2, -0.15) is 0 Å². The van der Waals surface area contributed by atoms with E-state index >= 15 is 0 Å². The molecule has 0 radical (unpaired) electrons. The van der Waals surface area contributed by atoms with Crippen LogP contribution >= 0.6 is 11.6 Å². The molecule has 2 nitrogen and oxygen atoms in total. The van der Waals surface area contributed by atoms with E-state index in [1.807, 2.05) is 6.07 Å². The highest BCUT2D eigenvalue weighted by Crippen LogP contribution is 2.33. The second kappa shape index (κ2) is 6.27. The van der Waals surface area contributed by atoms with Crippen molar-refractivity contribution in [1.29, 1.82) is 0 Å². The molecule has 0 atom stereocenters. The second-order valence-corrected chi connectivity index (χ2v) is 4.92. The molecule has 1 aromatic rings. The first-order valence-electron chi connectivity index (χ1n) is 6.26. The SMILES string of the molecule is COc1ccccc1C1CCN(CCCl)CC1. The maximum Gasteiger partial charge on any atom is 0.122 e. The highest BCUT2D eigenvalue weighted by atomic mass is 35.5. The van der Waals surface area contributed by atoms with Gasteiger partial charge in [0, 0.05) is 12.4 Å². The summed E-state index contributed by atoms with van der Waals surface area (Å²) in [6.45, 7) is 3.31. The van der Waals surface area contributed by atoms with Gasteiger partial charge in [0.1, 0.15) is 5.75 Å². The van der Waals surface area contributed by atoms with Gasteiger partial charge in [-0.05, 0) is 43.5 Å². The number of likely N-dealkylation sites (tertiary alicyclic amines) is 1. The van der Waals surface area contributed by atoms with E-state index in [-0.39, 0.29) is 0 Å². The van der Waals surface area contributed by atoms with Crippen molar-refractivity contribution in [1.82, 2.24) is 4.90 Å². The van der Waals surface area contributed by atoms with Gasteiger partial charge >= 0.3 is 0 Å². The summed E-state index contributed by atoms with van der Waals surface area (Å²) >= 11 is 5.77. The minimum Gasteiger partial charge on any atom is -0.496 e. The van der Waals surface area contributed by atoms with Crippen LogP contribution in [0.2, 0.25) is 0 Å². The molecule has 1 fully saturated rings. The third-order valence-electron chi connectivity index (χ3n) is 3.57. The molecule has 17 heavy (non-hydrogen) atoms. The molecule has 1 aromatic carbocycles. The molecule has 0 N–H and O–H groups in total. The molecular formula is C14H20ClNO. The van der Waals surface area contributed by atoms with Crippen molar-refractivity contribution >= 4 is 11.6 Å². The third-order valence-corrected chi connectivity index (χ3v) is 3.74. The standard InChI is InChI=1S/C14H20ClNO/c1-17-14-5-3-2-4-13(14)12-6-9-16(10-7-12)11-8-15/h2-5,12H,6-11H2,1H3. The summed E-state index contributed by atoms with van der Waals surface area (Å²) in [6.07, 6.45) is 2.41. The van der Waals surface area contributed by atoms with Gasteiger partial charge in [0.15, 0.2) is 0 Å². The summed E-state index contributed by atoms with van der Waals surface area (Å²) in [5.74, 6) is 2.40. The Hall–Kier alpha value is -0.730. The minimum atomic E-state index is 0.637. The van der Waals surface area contributed by atoms with Crippen LogP contribution in [0.4, 0.5) is 0 Å². The predicted octanol–water partition coefficient (Wildman–Crippen LogP) is 3.11. The highest BCUT2D eigenvalue weighted by molar-refractivity contribution is 6.18. The third kappa shape index (κ3) is 3.14. The molecule has 0 spiro atoms. The monoisotopic (exact) mass is 253 g/mol. The Kier molecular flexibility index (Phi) is 4.69. The number of hydrogen-bond acceptors (Lipinski definition) is 2. The molecule has 0 amide bonds. The summed E-state index contributed by atoms with van der Waals surface area (Å²) in [7, 11) is 1.75. The van der Waals surface area contributed by atoms with Gasteiger partial charge in [-0.3, -0.25) is 0 Å². The van der Waals surface area contributed by atoms with Crippen molar-refractivity contribution in [3.05, 3.63) is 29.8 Å². The van der Waals surface area contributed by atoms with Crippen molar-refractivity contribution in [3.63, 3.8) is 0 Å². The maximum absolute atomic E-state index is 5.77. The number of alkyl halides is 1. The van der Waals surface area contributed by atoms with Crippen LogP contribution in [0.25, 0.3) is 0 Å². The zero-order valence-corrected chi connectivity index (χ0v) is 11.1. The topological polar surface area (TPSA) is 12.5 Å². The number of benzene rings is 1. The van der Waals surface area contributed by atoms with Crippen molar-refractivity contribution in [2.75, 3.05) is 32.6 Å². The Balaban J connectivity index is 2.00. The van der Waals surface area contributed by atoms with Crippen molar-refractivity contribution in [2.24, 2.45) is 0 Å². The van der Waals surface area contributed by atoms with Gasteiger partial charge in [-0.25, -0.2) is 0 Å². The molecular weight excluding hydrogens is 234 g/mol. The first-order chi connectivity index (χ1) is 8.35. The van der Waals surface area contributed by atoms with Crippen LogP contribution in [0.5, 0.6) is 5.75 Å². The number of nitrogens with zero attached hydrogens (tertiary/aromatic N) is 1. The number of piperidine rings is 1. The molecule has 0 aliphatic carbocycles. The number of para-hydroxylation sites is 1. The lowest BCUT2D eigenvalue weighted by atomic mass is 9.89. The molecule has 0 saturated carbocycles. The molecule has 1 saturated heterocycles. The van der Waals surface area contributed by atoms with Crippen LogP contribution in [0, 0.1) is 0 Å². The number of methoxy groups -OCH3 is 1. The van der Waals surface area contributed by atoms with E-state index in [4.69, 9.17) is 16.3 Å². The van der Waals surface area contributed by atoms with Gasteiger partial charge in [0.05, 0.1) is 7.11 Å². The fourth-order valence-corrected chi connectivity index (χ4v) is 2.83. The average Bonchev–Trinajstić information content (AvgIpc) is 2.40. The van der Waals surface area contributed by atoms with Crippen LogP contribution < -0.4 is 4.74 Å². The van der Waals surface area contributed by atoms with Gasteiger partial charge in [0.2, 0.25) is 0 Å². The Labute approximate surface area is 109 Å². The molecule has 1 heterocycles. The highest BCUT2D eigenvalue weighted by Gasteiger charge is 2.22. The lowest BCUT2D eigenvalue weighted by Crippen LogP contribution is -2.34. The Morgan fingerprint density at radius 2 is 2.00 bits per heavy atom. The smallest absolute Gasteiger partial charge is 0.122 e. The molecule has 0 unspecified atom stereocenters. The fraction of sp³-hybridized carbons (Fsp3) is 0.571. The van der Waals surface area contributed by atoms with E-state index in [1.165, 1.54) is 18.4 Å². The molecule has 0 aromatic heterocycles. The number of ether oxygens (including phenoxy) is 1. The van der Waals surface area contributed by atoms with Gasteiger partial charge in [-0.1, -0.05) is 18.2 Å². The molecule has 2 rings (SSSR count). The summed E-state index contributed by atoms with van der Waals surface area (Å²) in [5.41, 5.74) is 1.36. The zero-order valence-electron chi connectivity index (χ0n) is 10.4. The number of hydrogen-bond donors (Lipinski definition) is 0. The molecule has 94 valence electrons. The zero-order chi connectivity index (χ0) is 12.1. The van der Waals surface area contributed by atoms with Crippen molar-refractivity contribution in [2.45, 2.75) is 18.8 Å². The van der Waals surface area contributed by atoms with E-state index < -0.39 is 0 Å². The van der Waals surface area contributed by atoms with Crippen LogP contribution in [0.1, 0.15) is 24.3 Å². The van der Waals surface area contributed by atoms with Gasteiger partial charge < -0.3 is 9.64 Å². The van der Waals surface area contributed by atoms with Crippen molar-refractivity contribution in [3.8, 4) is 5.75 Å². The molecule has 0 bridgehead atoms. The normalized spacial score (nSPS) is 18.2. The van der Waals surface area contributed by atoms with E-state index in [2.05, 4.69) is 23.1 Å². The summed E-state index contributed by atoms with van der Waals surface area (Å²) in [4.78, 5) is 2.44. The maximum atomic E-state index is 5.77. The number of rotatable bonds is 4. The largest absolute Gasteiger partial charge is 0.496 e. The Morgan fingerprint density at radius 1 is 1.29 bits per heavy atom. The van der Waals surface area contributed by atoms with Crippen LogP contribution in [0.3, 0.4) is 0 Å².